The van der Waals surface area contributed by atoms with E-state index in [9.17, 15) is 9.90 Å². The average Bonchev–Trinajstić information content (AvgIpc) is 3.02. The number of carbonyl (C=O) groups is 1. The molecule has 0 saturated heterocycles. The third-order valence-electron chi connectivity index (χ3n) is 4.05. The van der Waals surface area contributed by atoms with E-state index in [0.717, 1.165) is 16.6 Å². The Morgan fingerprint density at radius 3 is 2.71 bits per heavy atom. The Labute approximate surface area is 133 Å². The zero-order chi connectivity index (χ0) is 15.2. The number of nitrogens with one attached hydrogen (secondary N) is 1. The van der Waals surface area contributed by atoms with Crippen LogP contribution in [-0.4, -0.2) is 35.1 Å². The Hall–Kier alpha value is -0.950. The van der Waals surface area contributed by atoms with Gasteiger partial charge in [-0.05, 0) is 30.5 Å². The summed E-state index contributed by atoms with van der Waals surface area (Å²) < 4.78 is 0.893. The fraction of sp³-hybridized carbons (Fsp3) is 0.533. The quantitative estimate of drug-likeness (QED) is 0.413. The number of benzene rings is 1. The lowest BCUT2D eigenvalue weighted by atomic mass is 10.1. The second-order valence-electron chi connectivity index (χ2n) is 5.41. The molecule has 0 bridgehead atoms. The SMILES string of the molecule is NNC(=O)c1ccc(CN(CCO)C2CCCC2)c(Br)c1. The molecule has 21 heavy (non-hydrogen) atoms. The van der Waals surface area contributed by atoms with Crippen LogP contribution in [0.1, 0.15) is 41.6 Å². The minimum atomic E-state index is -0.301. The number of hydrogen-bond acceptors (Lipinski definition) is 4. The molecule has 0 radical (unpaired) electrons. The summed E-state index contributed by atoms with van der Waals surface area (Å²) in [5.74, 6) is 4.84. The maximum atomic E-state index is 11.5. The Morgan fingerprint density at radius 2 is 2.14 bits per heavy atom. The molecule has 4 N–H and O–H groups in total. The highest BCUT2D eigenvalue weighted by Crippen LogP contribution is 2.27. The number of aliphatic hydroxyl groups is 1. The van der Waals surface area contributed by atoms with Gasteiger partial charge in [0, 0.05) is 29.2 Å². The third-order valence-corrected chi connectivity index (χ3v) is 4.79. The summed E-state index contributed by atoms with van der Waals surface area (Å²) in [6.07, 6.45) is 4.93. The van der Waals surface area contributed by atoms with Gasteiger partial charge in [0.25, 0.3) is 5.91 Å². The first-order valence-corrected chi connectivity index (χ1v) is 8.09. The number of carbonyl (C=O) groups excluding carboxylic acids is 1. The summed E-state index contributed by atoms with van der Waals surface area (Å²) in [6.45, 7) is 1.63. The zero-order valence-electron chi connectivity index (χ0n) is 12.0. The summed E-state index contributed by atoms with van der Waals surface area (Å²) in [6, 6.07) is 6.04. The fourth-order valence-corrected chi connectivity index (χ4v) is 3.41. The molecule has 6 heteroatoms. The highest BCUT2D eigenvalue weighted by atomic mass is 79.9. The van der Waals surface area contributed by atoms with Gasteiger partial charge in [0.15, 0.2) is 0 Å². The number of aliphatic hydroxyl groups excluding tert-OH is 1. The first-order chi connectivity index (χ1) is 10.2. The van der Waals surface area contributed by atoms with Crippen LogP contribution in [0.4, 0.5) is 0 Å². The lowest BCUT2D eigenvalue weighted by molar-refractivity contribution is 0.0953. The van der Waals surface area contributed by atoms with Gasteiger partial charge >= 0.3 is 0 Å². The Bertz CT molecular complexity index is 490. The normalized spacial score (nSPS) is 15.6. The predicted octanol–water partition coefficient (Wildman–Crippen LogP) is 1.79. The summed E-state index contributed by atoms with van der Waals surface area (Å²) in [7, 11) is 0. The van der Waals surface area contributed by atoms with Crippen LogP contribution in [0.2, 0.25) is 0 Å². The van der Waals surface area contributed by atoms with Crippen molar-refractivity contribution in [3.8, 4) is 0 Å². The zero-order valence-corrected chi connectivity index (χ0v) is 13.6. The molecule has 5 nitrogen and oxygen atoms in total. The number of nitrogens with two attached hydrogens (primary N) is 1. The first kappa shape index (κ1) is 16.4. The van der Waals surface area contributed by atoms with Crippen molar-refractivity contribution in [1.29, 1.82) is 0 Å². The summed E-state index contributed by atoms with van der Waals surface area (Å²) in [5.41, 5.74) is 3.78. The Morgan fingerprint density at radius 1 is 1.43 bits per heavy atom. The standard InChI is InChI=1S/C15H22BrN3O2/c16-14-9-11(15(21)18-17)5-6-12(14)10-19(7-8-20)13-3-1-2-4-13/h5-6,9,13,20H,1-4,7-8,10,17H2,(H,18,21). The summed E-state index contributed by atoms with van der Waals surface area (Å²) >= 11 is 3.52. The van der Waals surface area contributed by atoms with Gasteiger partial charge in [-0.3, -0.25) is 15.1 Å². The van der Waals surface area contributed by atoms with Crippen molar-refractivity contribution in [3.63, 3.8) is 0 Å². The molecule has 116 valence electrons. The van der Waals surface area contributed by atoms with Gasteiger partial charge in [0.1, 0.15) is 0 Å². The number of nitrogen functional groups attached to an aromatic ring is 1. The van der Waals surface area contributed by atoms with Crippen molar-refractivity contribution >= 4 is 21.8 Å². The van der Waals surface area contributed by atoms with Crippen molar-refractivity contribution in [1.82, 2.24) is 10.3 Å². The van der Waals surface area contributed by atoms with Crippen molar-refractivity contribution in [2.45, 2.75) is 38.3 Å². The van der Waals surface area contributed by atoms with Crippen molar-refractivity contribution in [3.05, 3.63) is 33.8 Å². The van der Waals surface area contributed by atoms with Crippen LogP contribution in [0.25, 0.3) is 0 Å². The number of rotatable bonds is 6. The Kier molecular flexibility index (Phi) is 6.17. The van der Waals surface area contributed by atoms with Gasteiger partial charge in [-0.1, -0.05) is 34.8 Å². The predicted molar refractivity (Wildman–Crippen MR) is 85.5 cm³/mol. The second kappa shape index (κ2) is 7.89. The van der Waals surface area contributed by atoms with E-state index in [-0.39, 0.29) is 12.5 Å². The van der Waals surface area contributed by atoms with Crippen LogP contribution in [0.5, 0.6) is 0 Å². The number of halogens is 1. The van der Waals surface area contributed by atoms with E-state index in [4.69, 9.17) is 5.84 Å². The smallest absolute Gasteiger partial charge is 0.265 e. The van der Waals surface area contributed by atoms with Crippen molar-refractivity contribution in [2.24, 2.45) is 5.84 Å². The number of nitrogens with zero attached hydrogens (tertiary/aromatic N) is 1. The van der Waals surface area contributed by atoms with E-state index >= 15 is 0 Å². The molecule has 2 rings (SSSR count). The van der Waals surface area contributed by atoms with Crippen molar-refractivity contribution in [2.75, 3.05) is 13.2 Å². The van der Waals surface area contributed by atoms with E-state index in [1.165, 1.54) is 25.7 Å². The molecule has 1 fully saturated rings. The van der Waals surface area contributed by atoms with E-state index in [0.29, 0.717) is 18.2 Å². The fourth-order valence-electron chi connectivity index (χ4n) is 2.91. The minimum Gasteiger partial charge on any atom is -0.395 e. The maximum absolute atomic E-state index is 11.5. The molecule has 0 unspecified atom stereocenters. The van der Waals surface area contributed by atoms with E-state index < -0.39 is 0 Å². The molecular weight excluding hydrogens is 334 g/mol. The topological polar surface area (TPSA) is 78.6 Å². The molecule has 0 heterocycles. The number of hydrazine groups is 1. The van der Waals surface area contributed by atoms with E-state index in [1.54, 1.807) is 12.1 Å². The largest absolute Gasteiger partial charge is 0.395 e. The molecular formula is C15H22BrN3O2. The highest BCUT2D eigenvalue weighted by molar-refractivity contribution is 9.10. The summed E-state index contributed by atoms with van der Waals surface area (Å²) in [4.78, 5) is 13.8. The molecule has 1 amide bonds. The number of hydrogen-bond donors (Lipinski definition) is 3. The second-order valence-corrected chi connectivity index (χ2v) is 6.27. The van der Waals surface area contributed by atoms with Gasteiger partial charge in [0.05, 0.1) is 6.61 Å². The van der Waals surface area contributed by atoms with Crippen LogP contribution in [0.3, 0.4) is 0 Å². The molecule has 1 aromatic carbocycles. The van der Waals surface area contributed by atoms with Crippen LogP contribution in [0.15, 0.2) is 22.7 Å². The van der Waals surface area contributed by atoms with E-state index in [2.05, 4.69) is 26.3 Å². The average molecular weight is 356 g/mol. The molecule has 1 aliphatic carbocycles. The van der Waals surface area contributed by atoms with Gasteiger partial charge in [-0.15, -0.1) is 0 Å². The lowest BCUT2D eigenvalue weighted by Crippen LogP contribution is -2.35. The molecule has 0 aliphatic heterocycles. The summed E-state index contributed by atoms with van der Waals surface area (Å²) in [5, 5.41) is 9.27. The minimum absolute atomic E-state index is 0.168. The third kappa shape index (κ3) is 4.26. The molecule has 0 aromatic heterocycles. The molecule has 1 aliphatic rings. The van der Waals surface area contributed by atoms with E-state index in [1.807, 2.05) is 6.07 Å². The maximum Gasteiger partial charge on any atom is 0.265 e. The molecule has 0 spiro atoms. The monoisotopic (exact) mass is 355 g/mol. The van der Waals surface area contributed by atoms with Gasteiger partial charge in [0.2, 0.25) is 0 Å². The first-order valence-electron chi connectivity index (χ1n) is 7.30. The van der Waals surface area contributed by atoms with Crippen LogP contribution < -0.4 is 11.3 Å². The highest BCUT2D eigenvalue weighted by Gasteiger charge is 2.22. The number of amides is 1. The van der Waals surface area contributed by atoms with Crippen molar-refractivity contribution < 1.29 is 9.90 Å². The van der Waals surface area contributed by atoms with Gasteiger partial charge in [-0.25, -0.2) is 5.84 Å². The lowest BCUT2D eigenvalue weighted by Gasteiger charge is -2.28. The van der Waals surface area contributed by atoms with Gasteiger partial charge in [-0.2, -0.15) is 0 Å². The van der Waals surface area contributed by atoms with Crippen LogP contribution >= 0.6 is 15.9 Å². The Balaban J connectivity index is 2.10. The molecule has 0 atom stereocenters. The molecule has 1 aromatic rings. The van der Waals surface area contributed by atoms with Crippen LogP contribution in [0, 0.1) is 0 Å². The van der Waals surface area contributed by atoms with Gasteiger partial charge < -0.3 is 5.11 Å². The van der Waals surface area contributed by atoms with Crippen LogP contribution in [-0.2, 0) is 6.54 Å². The molecule has 1 saturated carbocycles.